The Balaban J connectivity index is 1.75. The maximum absolute atomic E-state index is 12.8. The van der Waals surface area contributed by atoms with E-state index in [1.165, 1.54) is 4.40 Å². The van der Waals surface area contributed by atoms with Crippen LogP contribution in [0, 0.1) is 6.92 Å². The van der Waals surface area contributed by atoms with E-state index in [2.05, 4.69) is 15.3 Å². The van der Waals surface area contributed by atoms with E-state index in [4.69, 9.17) is 0 Å². The number of hydrogen-bond donors (Lipinski definition) is 1. The van der Waals surface area contributed by atoms with E-state index < -0.39 is 0 Å². The van der Waals surface area contributed by atoms with Gasteiger partial charge in [0.05, 0.1) is 5.39 Å². The third-order valence-corrected chi connectivity index (χ3v) is 4.35. The fourth-order valence-electron chi connectivity index (χ4n) is 2.97. The van der Waals surface area contributed by atoms with Crippen molar-refractivity contribution in [3.05, 3.63) is 76.1 Å². The summed E-state index contributed by atoms with van der Waals surface area (Å²) in [7, 11) is 1.73. The summed E-state index contributed by atoms with van der Waals surface area (Å²) in [5, 5.41) is 3.27. The van der Waals surface area contributed by atoms with E-state index in [1.54, 1.807) is 42.3 Å². The largest absolute Gasteiger partial charge is 0.347 e. The molecule has 7 nitrogen and oxygen atoms in total. The molecule has 0 aromatic carbocycles. The molecular weight excluding hydrogens is 330 g/mol. The molecule has 0 spiro atoms. The predicted molar refractivity (Wildman–Crippen MR) is 98.1 cm³/mol. The zero-order chi connectivity index (χ0) is 18.3. The number of aryl methyl sites for hydroxylation is 2. The molecule has 0 atom stereocenters. The Hall–Kier alpha value is -3.48. The normalized spacial score (nSPS) is 11.2. The van der Waals surface area contributed by atoms with Gasteiger partial charge in [0.2, 0.25) is 0 Å². The molecule has 7 heteroatoms. The Morgan fingerprint density at radius 1 is 1.27 bits per heavy atom. The lowest BCUT2D eigenvalue weighted by molar-refractivity contribution is 0.0943. The summed E-state index contributed by atoms with van der Waals surface area (Å²) < 4.78 is 3.16. The first kappa shape index (κ1) is 16.0. The summed E-state index contributed by atoms with van der Waals surface area (Å²) in [5.74, 6) is -0.265. The number of carbonyl (C=O) groups excluding carboxylic acids is 1. The van der Waals surface area contributed by atoms with Gasteiger partial charge in [-0.1, -0.05) is 12.1 Å². The second-order valence-electron chi connectivity index (χ2n) is 6.22. The highest BCUT2D eigenvalue weighted by Gasteiger charge is 2.17. The standard InChI is InChI=1S/C19H17N5O2/c1-12-5-6-16-22-17-14(19(26)24(16)11-12)8-15(23(17)2)18(25)21-10-13-4-3-7-20-9-13/h3-9,11H,10H2,1-2H3,(H,21,25). The fraction of sp³-hybridized carbons (Fsp3) is 0.158. The summed E-state index contributed by atoms with van der Waals surface area (Å²) in [4.78, 5) is 33.9. The van der Waals surface area contributed by atoms with Crippen molar-refractivity contribution in [2.75, 3.05) is 0 Å². The maximum Gasteiger partial charge on any atom is 0.268 e. The molecule has 0 saturated heterocycles. The van der Waals surface area contributed by atoms with Crippen LogP contribution in [0.15, 0.2) is 53.7 Å². The molecule has 1 amide bonds. The molecule has 4 aromatic heterocycles. The minimum Gasteiger partial charge on any atom is -0.347 e. The van der Waals surface area contributed by atoms with Gasteiger partial charge in [-0.3, -0.25) is 19.0 Å². The van der Waals surface area contributed by atoms with Crippen LogP contribution in [-0.2, 0) is 13.6 Å². The molecule has 130 valence electrons. The lowest BCUT2D eigenvalue weighted by Crippen LogP contribution is -2.24. The van der Waals surface area contributed by atoms with Gasteiger partial charge < -0.3 is 9.88 Å². The maximum atomic E-state index is 12.8. The first-order valence-corrected chi connectivity index (χ1v) is 8.20. The second-order valence-corrected chi connectivity index (χ2v) is 6.22. The summed E-state index contributed by atoms with van der Waals surface area (Å²) in [6.07, 6.45) is 5.13. The third kappa shape index (κ3) is 2.63. The van der Waals surface area contributed by atoms with Crippen LogP contribution in [0.5, 0.6) is 0 Å². The Kier molecular flexibility index (Phi) is 3.76. The number of amides is 1. The van der Waals surface area contributed by atoms with Gasteiger partial charge in [-0.2, -0.15) is 0 Å². The van der Waals surface area contributed by atoms with Crippen LogP contribution >= 0.6 is 0 Å². The fourth-order valence-corrected chi connectivity index (χ4v) is 2.97. The van der Waals surface area contributed by atoms with Gasteiger partial charge in [-0.15, -0.1) is 0 Å². The molecule has 0 aliphatic rings. The number of rotatable bonds is 3. The molecule has 0 aliphatic carbocycles. The van der Waals surface area contributed by atoms with Gasteiger partial charge in [0.25, 0.3) is 11.5 Å². The molecule has 0 bridgehead atoms. The molecule has 0 aliphatic heterocycles. The van der Waals surface area contributed by atoms with Crippen LogP contribution in [0.1, 0.15) is 21.6 Å². The smallest absolute Gasteiger partial charge is 0.268 e. The van der Waals surface area contributed by atoms with Crippen LogP contribution in [0.2, 0.25) is 0 Å². The third-order valence-electron chi connectivity index (χ3n) is 4.35. The topological polar surface area (TPSA) is 81.3 Å². The van der Waals surface area contributed by atoms with Crippen LogP contribution in [0.3, 0.4) is 0 Å². The van der Waals surface area contributed by atoms with Gasteiger partial charge in [-0.05, 0) is 36.2 Å². The minimum atomic E-state index is -0.265. The van der Waals surface area contributed by atoms with Gasteiger partial charge in [0, 0.05) is 32.2 Å². The Morgan fingerprint density at radius 2 is 2.12 bits per heavy atom. The lowest BCUT2D eigenvalue weighted by Gasteiger charge is -2.06. The predicted octanol–water partition coefficient (Wildman–Crippen LogP) is 1.82. The van der Waals surface area contributed by atoms with Crippen molar-refractivity contribution in [2.45, 2.75) is 13.5 Å². The van der Waals surface area contributed by atoms with E-state index in [9.17, 15) is 9.59 Å². The van der Waals surface area contributed by atoms with Gasteiger partial charge in [-0.25, -0.2) is 4.98 Å². The zero-order valence-electron chi connectivity index (χ0n) is 14.4. The number of aromatic nitrogens is 4. The van der Waals surface area contributed by atoms with Crippen LogP contribution in [0.25, 0.3) is 16.7 Å². The minimum absolute atomic E-state index is 0.185. The molecular formula is C19H17N5O2. The highest BCUT2D eigenvalue weighted by molar-refractivity contribution is 5.98. The second kappa shape index (κ2) is 6.11. The van der Waals surface area contributed by atoms with E-state index in [0.717, 1.165) is 11.1 Å². The summed E-state index contributed by atoms with van der Waals surface area (Å²) in [6.45, 7) is 2.28. The Morgan fingerprint density at radius 3 is 2.88 bits per heavy atom. The number of carbonyl (C=O) groups is 1. The van der Waals surface area contributed by atoms with Gasteiger partial charge in [0.1, 0.15) is 17.0 Å². The SMILES string of the molecule is Cc1ccc2nc3c(cc(C(=O)NCc4cccnc4)n3C)c(=O)n2c1. The quantitative estimate of drug-likeness (QED) is 0.613. The molecule has 0 unspecified atom stereocenters. The van der Waals surface area contributed by atoms with Crippen molar-refractivity contribution in [1.82, 2.24) is 24.3 Å². The van der Waals surface area contributed by atoms with E-state index in [-0.39, 0.29) is 11.5 Å². The lowest BCUT2D eigenvalue weighted by atomic mass is 10.2. The van der Waals surface area contributed by atoms with Crippen molar-refractivity contribution in [1.29, 1.82) is 0 Å². The molecule has 4 aromatic rings. The van der Waals surface area contributed by atoms with Crippen LogP contribution in [-0.4, -0.2) is 24.8 Å². The van der Waals surface area contributed by atoms with Crippen molar-refractivity contribution in [2.24, 2.45) is 7.05 Å². The average molecular weight is 347 g/mol. The average Bonchev–Trinajstić information content (AvgIpc) is 2.98. The van der Waals surface area contributed by atoms with Crippen LogP contribution in [0.4, 0.5) is 0 Å². The van der Waals surface area contributed by atoms with E-state index >= 15 is 0 Å². The number of nitrogens with one attached hydrogen (secondary N) is 1. The zero-order valence-corrected chi connectivity index (χ0v) is 14.4. The summed E-state index contributed by atoms with van der Waals surface area (Å²) in [6, 6.07) is 9.00. The Labute approximate surface area is 148 Å². The highest BCUT2D eigenvalue weighted by Crippen LogP contribution is 2.15. The van der Waals surface area contributed by atoms with Crippen molar-refractivity contribution >= 4 is 22.6 Å². The Bertz CT molecular complexity index is 1190. The van der Waals surface area contributed by atoms with Gasteiger partial charge >= 0.3 is 0 Å². The molecule has 4 rings (SSSR count). The summed E-state index contributed by atoms with van der Waals surface area (Å²) >= 11 is 0. The van der Waals surface area contributed by atoms with Crippen molar-refractivity contribution < 1.29 is 4.79 Å². The monoisotopic (exact) mass is 347 g/mol. The molecule has 0 fully saturated rings. The molecule has 26 heavy (non-hydrogen) atoms. The van der Waals surface area contributed by atoms with E-state index in [1.807, 2.05) is 25.1 Å². The highest BCUT2D eigenvalue weighted by atomic mass is 16.2. The van der Waals surface area contributed by atoms with Crippen molar-refractivity contribution in [3.8, 4) is 0 Å². The molecule has 0 saturated carbocycles. The number of pyridine rings is 2. The number of fused-ring (bicyclic) bond motifs is 2. The number of nitrogens with zero attached hydrogens (tertiary/aromatic N) is 4. The van der Waals surface area contributed by atoms with Crippen LogP contribution < -0.4 is 10.9 Å². The first-order chi connectivity index (χ1) is 12.5. The van der Waals surface area contributed by atoms with Gasteiger partial charge in [0.15, 0.2) is 0 Å². The summed E-state index contributed by atoms with van der Waals surface area (Å²) in [5.41, 5.74) is 3.11. The number of hydrogen-bond acceptors (Lipinski definition) is 4. The van der Waals surface area contributed by atoms with Crippen molar-refractivity contribution in [3.63, 3.8) is 0 Å². The van der Waals surface area contributed by atoms with E-state index in [0.29, 0.717) is 28.9 Å². The molecule has 0 radical (unpaired) electrons. The molecule has 4 heterocycles. The first-order valence-electron chi connectivity index (χ1n) is 8.20. The molecule has 1 N–H and O–H groups in total.